The maximum Gasteiger partial charge on any atom is 0.284 e. The van der Waals surface area contributed by atoms with Crippen molar-refractivity contribution >= 4 is 24.0 Å². The normalized spacial score (nSPS) is 21.3. The van der Waals surface area contributed by atoms with Gasteiger partial charge in [-0.2, -0.15) is 0 Å². The monoisotopic (exact) mass is 270 g/mol. The zero-order valence-electron chi connectivity index (χ0n) is 9.88. The molecule has 0 aliphatic carbocycles. The largest absolute Gasteiger partial charge is 0.414 e. The van der Waals surface area contributed by atoms with Crippen LogP contribution in [0.3, 0.4) is 0 Å². The highest BCUT2D eigenvalue weighted by Gasteiger charge is 2.38. The molecular weight excluding hydrogens is 256 g/mol. The van der Waals surface area contributed by atoms with Crippen molar-refractivity contribution in [3.8, 4) is 0 Å². The summed E-state index contributed by atoms with van der Waals surface area (Å²) in [5.41, 5.74) is 5.28. The number of hydrogen-bond donors (Lipinski definition) is 2. The van der Waals surface area contributed by atoms with Gasteiger partial charge in [0.15, 0.2) is 0 Å². The molecule has 1 fully saturated rings. The highest BCUT2D eigenvalue weighted by atomic mass is 32.1. The lowest BCUT2D eigenvalue weighted by molar-refractivity contribution is -0.136. The number of aromatic amines is 1. The summed E-state index contributed by atoms with van der Waals surface area (Å²) < 4.78 is 5.19. The Hall–Kier alpha value is -1.70. The Labute approximate surface area is 108 Å². The van der Waals surface area contributed by atoms with Crippen LogP contribution < -0.4 is 5.73 Å². The molecule has 2 unspecified atom stereocenters. The van der Waals surface area contributed by atoms with Crippen molar-refractivity contribution in [3.63, 3.8) is 0 Å². The van der Waals surface area contributed by atoms with Crippen molar-refractivity contribution in [2.24, 2.45) is 5.73 Å². The Morgan fingerprint density at radius 1 is 1.78 bits per heavy atom. The van der Waals surface area contributed by atoms with Crippen molar-refractivity contribution in [2.75, 3.05) is 6.54 Å². The minimum Gasteiger partial charge on any atom is -0.414 e. The second kappa shape index (κ2) is 4.89. The Balaban J connectivity index is 2.16. The van der Waals surface area contributed by atoms with E-state index in [0.29, 0.717) is 18.9 Å². The number of likely N-dealkylation sites (tertiary alicyclic amines) is 1. The summed E-state index contributed by atoms with van der Waals surface area (Å²) >= 11 is 4.79. The molecule has 1 aliphatic heterocycles. The van der Waals surface area contributed by atoms with Gasteiger partial charge in [0.05, 0.1) is 5.92 Å². The molecule has 8 heteroatoms. The second-order valence-corrected chi connectivity index (χ2v) is 4.60. The average molecular weight is 270 g/mol. The number of carbonyl (C=O) groups is 2. The van der Waals surface area contributed by atoms with Gasteiger partial charge in [-0.25, -0.2) is 5.10 Å². The number of aromatic nitrogens is 2. The third-order valence-electron chi connectivity index (χ3n) is 3.05. The molecule has 18 heavy (non-hydrogen) atoms. The summed E-state index contributed by atoms with van der Waals surface area (Å²) in [4.78, 5) is 24.8. The molecule has 1 aromatic rings. The highest BCUT2D eigenvalue weighted by Crippen LogP contribution is 2.28. The van der Waals surface area contributed by atoms with Crippen LogP contribution in [0.2, 0.25) is 0 Å². The summed E-state index contributed by atoms with van der Waals surface area (Å²) in [6, 6.07) is -0.565. The van der Waals surface area contributed by atoms with Crippen LogP contribution in [0, 0.1) is 4.84 Å². The van der Waals surface area contributed by atoms with Gasteiger partial charge in [0.25, 0.3) is 4.84 Å². The lowest BCUT2D eigenvalue weighted by Gasteiger charge is -2.23. The lowest BCUT2D eigenvalue weighted by Crippen LogP contribution is -2.45. The number of H-pyrrole nitrogens is 1. The number of primary amides is 1. The van der Waals surface area contributed by atoms with E-state index in [4.69, 9.17) is 22.4 Å². The molecule has 2 atom stereocenters. The number of nitrogens with zero attached hydrogens (tertiary/aromatic N) is 2. The average Bonchev–Trinajstić information content (AvgIpc) is 2.87. The van der Waals surface area contributed by atoms with E-state index in [1.165, 1.54) is 4.90 Å². The van der Waals surface area contributed by atoms with E-state index >= 15 is 0 Å². The van der Waals surface area contributed by atoms with Crippen molar-refractivity contribution in [3.05, 3.63) is 10.7 Å². The predicted molar refractivity (Wildman–Crippen MR) is 64.0 cm³/mol. The minimum atomic E-state index is -0.565. The van der Waals surface area contributed by atoms with Gasteiger partial charge < -0.3 is 15.1 Å². The molecule has 1 aliphatic rings. The number of hydrogen-bond acceptors (Lipinski definition) is 5. The number of carbonyl (C=O) groups excluding carboxylic acids is 2. The Bertz CT molecular complexity index is 523. The fourth-order valence-electron chi connectivity index (χ4n) is 2.19. The first-order chi connectivity index (χ1) is 8.52. The smallest absolute Gasteiger partial charge is 0.284 e. The van der Waals surface area contributed by atoms with Crippen LogP contribution in [0.25, 0.3) is 0 Å². The van der Waals surface area contributed by atoms with Gasteiger partial charge in [0.1, 0.15) is 6.04 Å². The maximum atomic E-state index is 11.9. The second-order valence-electron chi connectivity index (χ2n) is 4.22. The molecular formula is C10H14N4O3S. The summed E-state index contributed by atoms with van der Waals surface area (Å²) in [6.45, 7) is 2.19. The number of rotatable bonds is 4. The predicted octanol–water partition coefficient (Wildman–Crippen LogP) is 0.312. The third-order valence-corrected chi connectivity index (χ3v) is 3.23. The lowest BCUT2D eigenvalue weighted by atomic mass is 10.1. The molecule has 7 nitrogen and oxygen atoms in total. The van der Waals surface area contributed by atoms with Crippen LogP contribution in [0.15, 0.2) is 4.42 Å². The van der Waals surface area contributed by atoms with Crippen molar-refractivity contribution in [1.29, 1.82) is 0 Å². The molecule has 1 aromatic heterocycles. The van der Waals surface area contributed by atoms with Gasteiger partial charge in [-0.15, -0.1) is 5.10 Å². The van der Waals surface area contributed by atoms with Gasteiger partial charge in [0.2, 0.25) is 17.7 Å². The zero-order valence-corrected chi connectivity index (χ0v) is 10.7. The van der Waals surface area contributed by atoms with E-state index in [-0.39, 0.29) is 23.1 Å². The Kier molecular flexibility index (Phi) is 3.46. The molecule has 2 heterocycles. The van der Waals surface area contributed by atoms with E-state index in [0.717, 1.165) is 0 Å². The minimum absolute atomic E-state index is 0.116. The van der Waals surface area contributed by atoms with E-state index in [9.17, 15) is 9.59 Å². The SMILES string of the molecule is CCC(C(N)=O)N1CC(c2n[nH]c(=S)o2)CC1=O. The van der Waals surface area contributed by atoms with Crippen LogP contribution in [-0.2, 0) is 9.59 Å². The van der Waals surface area contributed by atoms with Gasteiger partial charge in [0, 0.05) is 13.0 Å². The zero-order chi connectivity index (χ0) is 13.3. The van der Waals surface area contributed by atoms with Crippen LogP contribution in [-0.4, -0.2) is 39.5 Å². The Morgan fingerprint density at radius 3 is 3.00 bits per heavy atom. The van der Waals surface area contributed by atoms with Gasteiger partial charge in [-0.05, 0) is 18.6 Å². The molecule has 0 aromatic carbocycles. The fourth-order valence-corrected chi connectivity index (χ4v) is 2.32. The first-order valence-electron chi connectivity index (χ1n) is 5.67. The molecule has 0 spiro atoms. The number of nitrogens with one attached hydrogen (secondary N) is 1. The Morgan fingerprint density at radius 2 is 2.50 bits per heavy atom. The summed E-state index contributed by atoms with van der Waals surface area (Å²) in [6.07, 6.45) is 0.755. The molecule has 3 N–H and O–H groups in total. The first-order valence-corrected chi connectivity index (χ1v) is 6.08. The van der Waals surface area contributed by atoms with E-state index in [1.807, 2.05) is 6.92 Å². The van der Waals surface area contributed by atoms with E-state index < -0.39 is 11.9 Å². The molecule has 2 amide bonds. The van der Waals surface area contributed by atoms with Gasteiger partial charge >= 0.3 is 0 Å². The van der Waals surface area contributed by atoms with Gasteiger partial charge in [-0.3, -0.25) is 9.59 Å². The van der Waals surface area contributed by atoms with Crippen LogP contribution in [0.5, 0.6) is 0 Å². The quantitative estimate of drug-likeness (QED) is 0.766. The van der Waals surface area contributed by atoms with E-state index in [2.05, 4.69) is 10.2 Å². The van der Waals surface area contributed by atoms with Crippen LogP contribution >= 0.6 is 12.2 Å². The molecule has 1 saturated heterocycles. The molecule has 98 valence electrons. The number of amides is 2. The van der Waals surface area contributed by atoms with Crippen molar-refractivity contribution in [1.82, 2.24) is 15.1 Å². The topological polar surface area (TPSA) is 105 Å². The summed E-state index contributed by atoms with van der Waals surface area (Å²) in [7, 11) is 0. The standard InChI is InChI=1S/C10H14N4O3S/c1-2-6(8(11)16)14-4-5(3-7(14)15)9-12-13-10(18)17-9/h5-6H,2-4H2,1H3,(H2,11,16)(H,13,18). The highest BCUT2D eigenvalue weighted by molar-refractivity contribution is 7.71. The third kappa shape index (κ3) is 2.28. The van der Waals surface area contributed by atoms with Crippen LogP contribution in [0.1, 0.15) is 31.6 Å². The molecule has 0 radical (unpaired) electrons. The summed E-state index contributed by atoms with van der Waals surface area (Å²) in [5.74, 6) is -0.391. The molecule has 2 rings (SSSR count). The van der Waals surface area contributed by atoms with Crippen molar-refractivity contribution < 1.29 is 14.0 Å². The molecule has 0 saturated carbocycles. The summed E-state index contributed by atoms with van der Waals surface area (Å²) in [5, 5.41) is 6.42. The maximum absolute atomic E-state index is 11.9. The number of nitrogens with two attached hydrogens (primary N) is 1. The fraction of sp³-hybridized carbons (Fsp3) is 0.600. The first kappa shape index (κ1) is 12.7. The van der Waals surface area contributed by atoms with Gasteiger partial charge in [-0.1, -0.05) is 6.92 Å². The van der Waals surface area contributed by atoms with Crippen molar-refractivity contribution in [2.45, 2.75) is 31.7 Å². The van der Waals surface area contributed by atoms with E-state index in [1.54, 1.807) is 0 Å². The van der Waals surface area contributed by atoms with Crippen LogP contribution in [0.4, 0.5) is 0 Å². The molecule has 0 bridgehead atoms.